The molecule has 2 aromatic carbocycles. The molecule has 2 fully saturated rings. The normalized spacial score (nSPS) is 21.2. The minimum absolute atomic E-state index is 0.0513. The van der Waals surface area contributed by atoms with E-state index in [1.807, 2.05) is 11.8 Å². The average Bonchev–Trinajstić information content (AvgIpc) is 3.60. The van der Waals surface area contributed by atoms with Crippen LogP contribution in [0.3, 0.4) is 0 Å². The zero-order valence-electron chi connectivity index (χ0n) is 31.3. The van der Waals surface area contributed by atoms with Crippen molar-refractivity contribution in [1.82, 2.24) is 0 Å². The van der Waals surface area contributed by atoms with Crippen LogP contribution in [0.4, 0.5) is 0 Å². The van der Waals surface area contributed by atoms with E-state index in [0.29, 0.717) is 53.9 Å². The van der Waals surface area contributed by atoms with Crippen LogP contribution in [0.2, 0.25) is 0 Å². The molecule has 17 heteroatoms. The monoisotopic (exact) mass is 866 g/mol. The van der Waals surface area contributed by atoms with Gasteiger partial charge in [-0.15, -0.1) is 11.3 Å². The second-order valence-electron chi connectivity index (χ2n) is 12.5. The standard InChI is InChI=1S/2C10H14O3S.C8H14O2S.C8H10O2S.PS2/c2*1-3-8(2)9-4-6-10(7-5-9)14(11,12)13;2*1-5-7-8(6(2)11-5)10-4-3-9-7;2-1-3/h2*4-8H,3H2,1-2H3,(H,11,12,13);5-8H,3-4H2,1-2H3;3-4H2,1-2H3;/q;;;;+1/p-1. The van der Waals surface area contributed by atoms with Crippen LogP contribution in [-0.2, 0) is 53.3 Å². The van der Waals surface area contributed by atoms with E-state index in [1.165, 1.54) is 34.0 Å². The van der Waals surface area contributed by atoms with E-state index in [2.05, 4.69) is 79.0 Å². The Labute approximate surface area is 335 Å². The summed E-state index contributed by atoms with van der Waals surface area (Å²) >= 11 is 12.1. The molecule has 3 aliphatic heterocycles. The van der Waals surface area contributed by atoms with E-state index >= 15 is 0 Å². The summed E-state index contributed by atoms with van der Waals surface area (Å²) in [4.78, 5) is 2.23. The number of fused-ring (bicyclic) bond motifs is 2. The summed E-state index contributed by atoms with van der Waals surface area (Å²) in [5.74, 6) is 2.71. The Morgan fingerprint density at radius 3 is 1.43 bits per heavy atom. The SMILES string of the molecule is CC1SC(C)C2OCCOC12.CCC(C)c1ccc(S(=O)(=O)O)cc1.CCC(C)c1ccc(S(=O)(=O)[O-])cc1.Cc1sc(C)c2c1OCCO2.S=[P+]=S. The molecule has 3 aliphatic rings. The van der Waals surface area contributed by atoms with Gasteiger partial charge in [-0.05, 0) is 73.9 Å². The van der Waals surface area contributed by atoms with Crippen LogP contribution < -0.4 is 9.47 Å². The predicted octanol–water partition coefficient (Wildman–Crippen LogP) is 8.84. The molecule has 0 spiro atoms. The molecule has 53 heavy (non-hydrogen) atoms. The summed E-state index contributed by atoms with van der Waals surface area (Å²) < 4.78 is 84.3. The Morgan fingerprint density at radius 1 is 0.755 bits per heavy atom. The molecule has 1 aromatic heterocycles. The molecule has 296 valence electrons. The Kier molecular flexibility index (Phi) is 20.8. The van der Waals surface area contributed by atoms with Crippen molar-refractivity contribution in [2.45, 2.75) is 113 Å². The van der Waals surface area contributed by atoms with Gasteiger partial charge in [0.15, 0.2) is 11.5 Å². The van der Waals surface area contributed by atoms with Gasteiger partial charge in [0.05, 0.1) is 35.2 Å². The summed E-state index contributed by atoms with van der Waals surface area (Å²) in [5, 5.41) is 1.21. The van der Waals surface area contributed by atoms with Crippen molar-refractivity contribution in [2.75, 3.05) is 26.4 Å². The summed E-state index contributed by atoms with van der Waals surface area (Å²) in [6.45, 7) is 19.7. The third-order valence-corrected chi connectivity index (χ3v) is 12.9. The van der Waals surface area contributed by atoms with Crippen molar-refractivity contribution in [3.63, 3.8) is 0 Å². The fourth-order valence-corrected chi connectivity index (χ4v) is 8.87. The van der Waals surface area contributed by atoms with Gasteiger partial charge in [0, 0.05) is 20.3 Å². The summed E-state index contributed by atoms with van der Waals surface area (Å²) in [7, 11) is -8.35. The number of hydrogen-bond acceptors (Lipinski definition) is 13. The molecule has 6 rings (SSSR count). The quantitative estimate of drug-likeness (QED) is 0.186. The van der Waals surface area contributed by atoms with Gasteiger partial charge < -0.3 is 23.5 Å². The number of ether oxygens (including phenoxy) is 4. The Morgan fingerprint density at radius 2 is 1.11 bits per heavy atom. The van der Waals surface area contributed by atoms with Gasteiger partial charge >= 0.3 is 29.7 Å². The first-order valence-electron chi connectivity index (χ1n) is 17.2. The first-order chi connectivity index (χ1) is 24.9. The van der Waals surface area contributed by atoms with E-state index in [-0.39, 0.29) is 9.79 Å². The molecular weight excluding hydrogens is 816 g/mol. The zero-order valence-corrected chi connectivity index (χ0v) is 37.1. The van der Waals surface area contributed by atoms with E-state index in [0.717, 1.165) is 48.7 Å². The number of benzene rings is 2. The maximum atomic E-state index is 10.7. The van der Waals surface area contributed by atoms with Crippen molar-refractivity contribution in [3.05, 3.63) is 69.4 Å². The minimum atomic E-state index is -4.30. The van der Waals surface area contributed by atoms with Crippen LogP contribution in [0.5, 0.6) is 11.5 Å². The number of rotatable bonds is 6. The molecule has 2 saturated heterocycles. The van der Waals surface area contributed by atoms with Crippen LogP contribution in [0, 0.1) is 13.8 Å². The molecule has 0 aliphatic carbocycles. The zero-order chi connectivity index (χ0) is 39.9. The van der Waals surface area contributed by atoms with E-state index in [4.69, 9.17) is 23.5 Å². The predicted molar refractivity (Wildman–Crippen MR) is 221 cm³/mol. The topological polar surface area (TPSA) is 148 Å². The second-order valence-corrected chi connectivity index (χ2v) is 20.5. The number of hydrogen-bond donors (Lipinski definition) is 1. The van der Waals surface area contributed by atoms with Crippen LogP contribution in [0.1, 0.15) is 87.1 Å². The Bertz CT molecular complexity index is 1690. The fourth-order valence-electron chi connectivity index (χ4n) is 5.52. The van der Waals surface area contributed by atoms with Crippen LogP contribution >= 0.6 is 29.2 Å². The van der Waals surface area contributed by atoms with E-state index in [1.54, 1.807) is 35.6 Å². The number of thiophene rings is 1. The Hall–Kier alpha value is -1.30. The van der Waals surface area contributed by atoms with Gasteiger partial charge in [-0.3, -0.25) is 4.55 Å². The first kappa shape index (κ1) is 47.9. The van der Waals surface area contributed by atoms with Gasteiger partial charge in [-0.2, -0.15) is 20.2 Å². The van der Waals surface area contributed by atoms with Gasteiger partial charge in [-0.1, -0.05) is 65.8 Å². The third kappa shape index (κ3) is 15.3. The van der Waals surface area contributed by atoms with Gasteiger partial charge in [0.2, 0.25) is 0 Å². The van der Waals surface area contributed by atoms with Gasteiger partial charge in [0.25, 0.3) is 10.1 Å². The molecule has 6 unspecified atom stereocenters. The fraction of sp³-hybridized carbons (Fsp3) is 0.556. The maximum absolute atomic E-state index is 10.7. The van der Waals surface area contributed by atoms with Crippen molar-refractivity contribution in [2.24, 2.45) is 0 Å². The molecule has 4 heterocycles. The molecule has 6 atom stereocenters. The number of aryl methyl sites for hydroxylation is 2. The molecule has 0 amide bonds. The molecule has 0 radical (unpaired) electrons. The van der Waals surface area contributed by atoms with Crippen LogP contribution in [-0.4, -0.2) is 75.1 Å². The summed E-state index contributed by atoms with van der Waals surface area (Å²) in [6.07, 6.45) is 3.28. The van der Waals surface area contributed by atoms with Crippen LogP contribution in [0.15, 0.2) is 58.3 Å². The van der Waals surface area contributed by atoms with Crippen molar-refractivity contribution in [3.8, 4) is 11.5 Å². The average molecular weight is 867 g/mol. The van der Waals surface area contributed by atoms with Gasteiger partial charge in [0.1, 0.15) is 23.3 Å². The molecular formula is C36H51O10PS6. The van der Waals surface area contributed by atoms with Crippen molar-refractivity contribution in [1.29, 1.82) is 0 Å². The number of thioether (sulfide) groups is 1. The van der Waals surface area contributed by atoms with E-state index < -0.39 is 20.2 Å². The summed E-state index contributed by atoms with van der Waals surface area (Å²) in [5.41, 5.74) is 2.14. The molecule has 1 N–H and O–H groups in total. The molecule has 0 bridgehead atoms. The molecule has 0 saturated carbocycles. The molecule has 10 nitrogen and oxygen atoms in total. The van der Waals surface area contributed by atoms with Gasteiger partial charge in [-0.25, -0.2) is 8.42 Å². The summed E-state index contributed by atoms with van der Waals surface area (Å²) in [6, 6.07) is 12.4. The van der Waals surface area contributed by atoms with Crippen molar-refractivity contribution < 1.29 is 44.9 Å². The first-order valence-corrected chi connectivity index (χ1v) is 24.7. The third-order valence-electron chi connectivity index (χ3n) is 8.82. The van der Waals surface area contributed by atoms with Crippen molar-refractivity contribution >= 4 is 73.1 Å². The molecule has 3 aromatic rings. The Balaban J connectivity index is 0.000000239. The van der Waals surface area contributed by atoms with E-state index in [9.17, 15) is 21.4 Å². The second kappa shape index (κ2) is 23.1. The van der Waals surface area contributed by atoms with Crippen LogP contribution in [0.25, 0.3) is 0 Å².